The minimum atomic E-state index is -0.990. The zero-order valence-electron chi connectivity index (χ0n) is 20.3. The first kappa shape index (κ1) is 24.6. The predicted octanol–water partition coefficient (Wildman–Crippen LogP) is 0.413. The molecule has 2 atom stereocenters. The fraction of sp³-hybridized carbons (Fsp3) is 0.640. The third-order valence-corrected chi connectivity index (χ3v) is 7.55. The van der Waals surface area contributed by atoms with Crippen LogP contribution in [0.3, 0.4) is 0 Å². The molecule has 34 heavy (non-hydrogen) atoms. The van der Waals surface area contributed by atoms with Gasteiger partial charge in [-0.2, -0.15) is 0 Å². The summed E-state index contributed by atoms with van der Waals surface area (Å²) in [5, 5.41) is 14.5. The molecule has 0 spiro atoms. The highest BCUT2D eigenvalue weighted by Crippen LogP contribution is 2.27. The summed E-state index contributed by atoms with van der Waals surface area (Å²) in [6.45, 7) is 5.39. The van der Waals surface area contributed by atoms with Crippen LogP contribution in [0.15, 0.2) is 30.3 Å². The van der Waals surface area contributed by atoms with E-state index in [1.807, 2.05) is 40.1 Å². The number of nitrogens with one attached hydrogen (secondary N) is 1. The van der Waals surface area contributed by atoms with E-state index in [2.05, 4.69) is 12.2 Å². The molecule has 9 heteroatoms. The first-order valence-corrected chi connectivity index (χ1v) is 12.3. The van der Waals surface area contributed by atoms with Crippen molar-refractivity contribution in [1.82, 2.24) is 24.9 Å². The van der Waals surface area contributed by atoms with E-state index >= 15 is 0 Å². The molecule has 3 heterocycles. The van der Waals surface area contributed by atoms with Crippen LogP contribution >= 0.6 is 0 Å². The van der Waals surface area contributed by atoms with Crippen LogP contribution in [0.5, 0.6) is 0 Å². The summed E-state index contributed by atoms with van der Waals surface area (Å²) in [7, 11) is 1.80. The number of nitrogens with zero attached hydrogens (tertiary/aromatic N) is 4. The van der Waals surface area contributed by atoms with Gasteiger partial charge in [0.05, 0.1) is 37.9 Å². The van der Waals surface area contributed by atoms with Gasteiger partial charge in [0, 0.05) is 39.6 Å². The van der Waals surface area contributed by atoms with Crippen molar-refractivity contribution in [2.45, 2.75) is 50.3 Å². The maximum atomic E-state index is 12.8. The average Bonchev–Trinajstić information content (AvgIpc) is 2.83. The Morgan fingerprint density at radius 1 is 1.12 bits per heavy atom. The Kier molecular flexibility index (Phi) is 7.54. The van der Waals surface area contributed by atoms with Crippen LogP contribution in [0.4, 0.5) is 0 Å². The first-order valence-electron chi connectivity index (χ1n) is 12.3. The summed E-state index contributed by atoms with van der Waals surface area (Å²) in [5.74, 6) is 0.309. The maximum Gasteiger partial charge on any atom is 0.236 e. The Morgan fingerprint density at radius 3 is 2.47 bits per heavy atom. The second-order valence-electron chi connectivity index (χ2n) is 10.1. The van der Waals surface area contributed by atoms with Gasteiger partial charge in [0.15, 0.2) is 0 Å². The number of β-amino-alcohol motifs (C(OH)–C–C–N with tert-alkyl or cyclic N) is 1. The third kappa shape index (κ3) is 5.76. The van der Waals surface area contributed by atoms with Gasteiger partial charge in [0.2, 0.25) is 17.7 Å². The number of amides is 3. The van der Waals surface area contributed by atoms with E-state index in [4.69, 9.17) is 0 Å². The molecule has 0 saturated carbocycles. The van der Waals surface area contributed by atoms with Gasteiger partial charge in [-0.05, 0) is 24.3 Å². The van der Waals surface area contributed by atoms with E-state index in [1.165, 1.54) is 0 Å². The van der Waals surface area contributed by atoms with E-state index in [0.717, 1.165) is 12.1 Å². The second-order valence-corrected chi connectivity index (χ2v) is 10.1. The molecule has 186 valence electrons. The molecule has 1 aromatic rings. The Hall–Kier alpha value is -2.49. The van der Waals surface area contributed by atoms with Crippen LogP contribution in [0.25, 0.3) is 0 Å². The van der Waals surface area contributed by atoms with Crippen LogP contribution in [-0.4, -0.2) is 107 Å². The smallest absolute Gasteiger partial charge is 0.236 e. The molecule has 1 unspecified atom stereocenters. The normalized spacial score (nSPS) is 24.9. The molecule has 4 rings (SSSR count). The Balaban J connectivity index is 1.23. The predicted molar refractivity (Wildman–Crippen MR) is 128 cm³/mol. The van der Waals surface area contributed by atoms with Gasteiger partial charge in [0.1, 0.15) is 0 Å². The van der Waals surface area contributed by atoms with Crippen molar-refractivity contribution < 1.29 is 19.5 Å². The molecule has 0 bridgehead atoms. The number of carbonyl (C=O) groups is 3. The largest absolute Gasteiger partial charge is 0.388 e. The van der Waals surface area contributed by atoms with Gasteiger partial charge in [-0.3, -0.25) is 24.6 Å². The maximum absolute atomic E-state index is 12.8. The minimum absolute atomic E-state index is 0.0151. The number of hydrogen-bond donors (Lipinski definition) is 2. The summed E-state index contributed by atoms with van der Waals surface area (Å²) in [6.07, 6.45) is 1.50. The van der Waals surface area contributed by atoms with Crippen LogP contribution in [0.2, 0.25) is 0 Å². The summed E-state index contributed by atoms with van der Waals surface area (Å²) < 4.78 is 0. The fourth-order valence-corrected chi connectivity index (χ4v) is 5.09. The summed E-state index contributed by atoms with van der Waals surface area (Å²) in [5.41, 5.74) is 0.162. The highest BCUT2D eigenvalue weighted by Gasteiger charge is 2.39. The number of benzene rings is 1. The summed E-state index contributed by atoms with van der Waals surface area (Å²) >= 11 is 0. The first-order chi connectivity index (χ1) is 16.2. The lowest BCUT2D eigenvalue weighted by Gasteiger charge is -2.45. The lowest BCUT2D eigenvalue weighted by molar-refractivity contribution is -0.148. The third-order valence-electron chi connectivity index (χ3n) is 7.55. The van der Waals surface area contributed by atoms with Crippen molar-refractivity contribution in [2.24, 2.45) is 0 Å². The van der Waals surface area contributed by atoms with Crippen LogP contribution in [0.1, 0.15) is 44.1 Å². The molecule has 3 aliphatic heterocycles. The zero-order chi connectivity index (χ0) is 24.3. The van der Waals surface area contributed by atoms with E-state index in [-0.39, 0.29) is 42.8 Å². The van der Waals surface area contributed by atoms with Gasteiger partial charge in [-0.15, -0.1) is 0 Å². The SMILES string of the molecule is C[C@H](CC(=O)N1CCC(O)(CN2CNC(N3CCN(C)C(=O)C3)CC2=O)CC1)c1ccccc1. The van der Waals surface area contributed by atoms with E-state index < -0.39 is 5.60 Å². The highest BCUT2D eigenvalue weighted by atomic mass is 16.3. The Bertz CT molecular complexity index is 887. The Morgan fingerprint density at radius 2 is 1.82 bits per heavy atom. The van der Waals surface area contributed by atoms with Gasteiger partial charge in [0.25, 0.3) is 0 Å². The number of rotatable bonds is 6. The van der Waals surface area contributed by atoms with Gasteiger partial charge in [-0.1, -0.05) is 37.3 Å². The standard InChI is InChI=1S/C25H37N5O4/c1-19(20-6-4-3-5-7-20)14-22(31)28-10-8-25(34,9-11-28)17-30-18-26-21(15-23(30)32)29-13-12-27(2)24(33)16-29/h3-7,19,21,26,34H,8-18H2,1-2H3/t19-,21?/m1/s1. The molecular formula is C25H37N5O4. The fourth-order valence-electron chi connectivity index (χ4n) is 5.09. The highest BCUT2D eigenvalue weighted by molar-refractivity contribution is 5.80. The van der Waals surface area contributed by atoms with Crippen molar-refractivity contribution in [3.8, 4) is 0 Å². The van der Waals surface area contributed by atoms with Gasteiger partial charge >= 0.3 is 0 Å². The molecule has 3 saturated heterocycles. The van der Waals surface area contributed by atoms with Crippen LogP contribution < -0.4 is 5.32 Å². The van der Waals surface area contributed by atoms with E-state index in [9.17, 15) is 19.5 Å². The monoisotopic (exact) mass is 471 g/mol. The van der Waals surface area contributed by atoms with Crippen LogP contribution in [-0.2, 0) is 14.4 Å². The van der Waals surface area contributed by atoms with Crippen molar-refractivity contribution >= 4 is 17.7 Å². The van der Waals surface area contributed by atoms with Gasteiger partial charge < -0.3 is 19.8 Å². The van der Waals surface area contributed by atoms with Crippen molar-refractivity contribution in [3.63, 3.8) is 0 Å². The van der Waals surface area contributed by atoms with E-state index in [0.29, 0.717) is 52.1 Å². The summed E-state index contributed by atoms with van der Waals surface area (Å²) in [6, 6.07) is 10.0. The number of carbonyl (C=O) groups excluding carboxylic acids is 3. The minimum Gasteiger partial charge on any atom is -0.388 e. The van der Waals surface area contributed by atoms with Crippen molar-refractivity contribution in [1.29, 1.82) is 0 Å². The number of likely N-dealkylation sites (N-methyl/N-ethyl adjacent to an activating group) is 1. The Labute approximate surface area is 201 Å². The number of aliphatic hydroxyl groups is 1. The zero-order valence-corrected chi connectivity index (χ0v) is 20.3. The molecule has 1 aromatic carbocycles. The topological polar surface area (TPSA) is 96.4 Å². The lowest BCUT2D eigenvalue weighted by atomic mass is 9.89. The van der Waals surface area contributed by atoms with Crippen molar-refractivity contribution in [2.75, 3.05) is 53.0 Å². The van der Waals surface area contributed by atoms with E-state index in [1.54, 1.807) is 16.8 Å². The molecule has 3 amide bonds. The van der Waals surface area contributed by atoms with Crippen molar-refractivity contribution in [3.05, 3.63) is 35.9 Å². The average molecular weight is 472 g/mol. The molecule has 3 fully saturated rings. The number of piperazine rings is 1. The lowest BCUT2D eigenvalue weighted by Crippen LogP contribution is -2.63. The summed E-state index contributed by atoms with van der Waals surface area (Å²) in [4.78, 5) is 44.9. The molecular weight excluding hydrogens is 434 g/mol. The molecule has 9 nitrogen and oxygen atoms in total. The molecule has 2 N–H and O–H groups in total. The quantitative estimate of drug-likeness (QED) is 0.624. The molecule has 0 aromatic heterocycles. The van der Waals surface area contributed by atoms with Crippen LogP contribution in [0, 0.1) is 0 Å². The molecule has 0 radical (unpaired) electrons. The number of likely N-dealkylation sites (tertiary alicyclic amines) is 1. The molecule has 0 aliphatic carbocycles. The molecule has 3 aliphatic rings. The second kappa shape index (κ2) is 10.4. The number of piperidine rings is 1. The van der Waals surface area contributed by atoms with Gasteiger partial charge in [-0.25, -0.2) is 0 Å². The number of hydrogen-bond acceptors (Lipinski definition) is 6.